The largest absolute Gasteiger partial charge is 0.573 e. The predicted octanol–water partition coefficient (Wildman–Crippen LogP) is 5.55. The molecule has 0 radical (unpaired) electrons. The van der Waals surface area contributed by atoms with Crippen molar-refractivity contribution in [2.45, 2.75) is 6.36 Å². The van der Waals surface area contributed by atoms with E-state index in [1.165, 1.54) is 54.3 Å². The molecule has 3 aromatic carbocycles. The van der Waals surface area contributed by atoms with Gasteiger partial charge in [0.05, 0.1) is 22.6 Å². The van der Waals surface area contributed by atoms with E-state index >= 15 is 0 Å². The Hall–Kier alpha value is -4.48. The lowest BCUT2D eigenvalue weighted by molar-refractivity contribution is -0.274. The monoisotopic (exact) mass is 487 g/mol. The van der Waals surface area contributed by atoms with Crippen LogP contribution < -0.4 is 10.1 Å². The molecule has 0 fully saturated rings. The van der Waals surface area contributed by atoms with Crippen molar-refractivity contribution in [3.05, 3.63) is 71.9 Å². The van der Waals surface area contributed by atoms with Gasteiger partial charge in [0.25, 0.3) is 5.91 Å². The number of H-pyrrole nitrogens is 1. The van der Waals surface area contributed by atoms with E-state index < -0.39 is 35.2 Å². The lowest BCUT2D eigenvalue weighted by atomic mass is 10.1. The fourth-order valence-electron chi connectivity index (χ4n) is 3.79. The number of aryl methyl sites for hydroxylation is 1. The van der Waals surface area contributed by atoms with Crippen LogP contribution in [0.5, 0.6) is 5.75 Å². The first kappa shape index (κ1) is 22.3. The van der Waals surface area contributed by atoms with Gasteiger partial charge in [-0.1, -0.05) is 12.1 Å². The van der Waals surface area contributed by atoms with Gasteiger partial charge in [0, 0.05) is 29.8 Å². The smallest absolute Gasteiger partial charge is 0.405 e. The number of aromatic nitrogens is 4. The van der Waals surface area contributed by atoms with E-state index in [2.05, 4.69) is 25.3 Å². The molecule has 0 spiro atoms. The van der Waals surface area contributed by atoms with Gasteiger partial charge < -0.3 is 10.1 Å². The number of benzene rings is 3. The van der Waals surface area contributed by atoms with Crippen LogP contribution in [0.3, 0.4) is 0 Å². The Balaban J connectivity index is 1.52. The van der Waals surface area contributed by atoms with Crippen LogP contribution in [0, 0.1) is 11.6 Å². The van der Waals surface area contributed by atoms with Crippen molar-refractivity contribution < 1.29 is 31.5 Å². The van der Waals surface area contributed by atoms with E-state index in [4.69, 9.17) is 0 Å². The maximum atomic E-state index is 14.9. The van der Waals surface area contributed by atoms with Crippen LogP contribution in [0.2, 0.25) is 0 Å². The van der Waals surface area contributed by atoms with Gasteiger partial charge in [0.2, 0.25) is 0 Å². The van der Waals surface area contributed by atoms with E-state index in [-0.39, 0.29) is 27.8 Å². The van der Waals surface area contributed by atoms with Crippen molar-refractivity contribution in [1.82, 2.24) is 20.0 Å². The van der Waals surface area contributed by atoms with Gasteiger partial charge >= 0.3 is 6.36 Å². The van der Waals surface area contributed by atoms with E-state index in [0.717, 1.165) is 12.1 Å². The third-order valence-corrected chi connectivity index (χ3v) is 5.36. The van der Waals surface area contributed by atoms with Crippen molar-refractivity contribution in [3.8, 4) is 17.0 Å². The molecule has 0 aliphatic heterocycles. The number of nitrogens with one attached hydrogen (secondary N) is 2. The van der Waals surface area contributed by atoms with Crippen molar-refractivity contribution in [1.29, 1.82) is 0 Å². The van der Waals surface area contributed by atoms with Crippen LogP contribution in [-0.4, -0.2) is 32.2 Å². The van der Waals surface area contributed by atoms with Gasteiger partial charge in [-0.25, -0.2) is 8.78 Å². The number of para-hydroxylation sites is 1. The molecule has 12 heteroatoms. The maximum absolute atomic E-state index is 14.9. The number of fused-ring (bicyclic) bond motifs is 2. The number of aromatic amines is 1. The van der Waals surface area contributed by atoms with Crippen molar-refractivity contribution in [2.75, 3.05) is 5.32 Å². The van der Waals surface area contributed by atoms with Gasteiger partial charge in [-0.2, -0.15) is 10.2 Å². The summed E-state index contributed by atoms with van der Waals surface area (Å²) in [5.41, 5.74) is 0.171. The summed E-state index contributed by atoms with van der Waals surface area (Å²) in [7, 11) is 1.51. The molecule has 0 bridgehead atoms. The SMILES string of the molecule is Cn1ncc2c(F)c(C(=O)Nc3ccc4[nH]nc(-c5ccccc5OC(F)(F)F)c4c3)c(F)cc21. The van der Waals surface area contributed by atoms with Crippen LogP contribution in [-0.2, 0) is 7.05 Å². The van der Waals surface area contributed by atoms with Crippen molar-refractivity contribution in [3.63, 3.8) is 0 Å². The highest BCUT2D eigenvalue weighted by Gasteiger charge is 2.32. The molecule has 7 nitrogen and oxygen atoms in total. The molecule has 2 aromatic heterocycles. The van der Waals surface area contributed by atoms with Crippen molar-refractivity contribution >= 4 is 33.4 Å². The normalized spacial score (nSPS) is 11.8. The van der Waals surface area contributed by atoms with Gasteiger partial charge in [0.1, 0.15) is 28.6 Å². The molecule has 2 N–H and O–H groups in total. The summed E-state index contributed by atoms with van der Waals surface area (Å²) in [5.74, 6) is -3.64. The zero-order chi connectivity index (χ0) is 24.9. The minimum Gasteiger partial charge on any atom is -0.405 e. The van der Waals surface area contributed by atoms with Gasteiger partial charge in [-0.15, -0.1) is 13.2 Å². The topological polar surface area (TPSA) is 84.8 Å². The molecule has 1 amide bonds. The lowest BCUT2D eigenvalue weighted by Gasteiger charge is -2.12. The number of hydrogen-bond donors (Lipinski definition) is 2. The number of halogens is 5. The molecule has 0 unspecified atom stereocenters. The molecule has 0 saturated heterocycles. The minimum atomic E-state index is -4.91. The summed E-state index contributed by atoms with van der Waals surface area (Å²) in [6.07, 6.45) is -3.73. The Labute approximate surface area is 193 Å². The fraction of sp³-hybridized carbons (Fsp3) is 0.0870. The number of amides is 1. The minimum absolute atomic E-state index is 0.0205. The van der Waals surface area contributed by atoms with E-state index in [9.17, 15) is 26.7 Å². The second-order valence-electron chi connectivity index (χ2n) is 7.58. The first-order valence-corrected chi connectivity index (χ1v) is 10.1. The number of hydrogen-bond acceptors (Lipinski definition) is 4. The average Bonchev–Trinajstić information content (AvgIpc) is 3.37. The molecule has 0 atom stereocenters. The Morgan fingerprint density at radius 3 is 2.63 bits per heavy atom. The highest BCUT2D eigenvalue weighted by atomic mass is 19.4. The molecule has 35 heavy (non-hydrogen) atoms. The number of anilines is 1. The van der Waals surface area contributed by atoms with Gasteiger partial charge in [-0.05, 0) is 30.3 Å². The van der Waals surface area contributed by atoms with E-state index in [1.54, 1.807) is 0 Å². The summed E-state index contributed by atoms with van der Waals surface area (Å²) in [6.45, 7) is 0. The summed E-state index contributed by atoms with van der Waals surface area (Å²) < 4.78 is 73.4. The van der Waals surface area contributed by atoms with Crippen molar-refractivity contribution in [2.24, 2.45) is 7.05 Å². The molecular formula is C23H14F5N5O2. The summed E-state index contributed by atoms with van der Waals surface area (Å²) in [5, 5.41) is 13.4. The second kappa shape index (κ2) is 8.08. The molecule has 0 aliphatic rings. The quantitative estimate of drug-likeness (QED) is 0.326. The molecule has 2 heterocycles. The molecule has 178 valence electrons. The summed E-state index contributed by atoms with van der Waals surface area (Å²) in [6, 6.07) is 10.9. The van der Waals surface area contributed by atoms with Crippen LogP contribution in [0.4, 0.5) is 27.6 Å². The Kier molecular flexibility index (Phi) is 5.15. The highest BCUT2D eigenvalue weighted by Crippen LogP contribution is 2.37. The average molecular weight is 487 g/mol. The molecule has 0 aliphatic carbocycles. The third-order valence-electron chi connectivity index (χ3n) is 5.36. The number of carbonyl (C=O) groups is 1. The van der Waals surface area contributed by atoms with E-state index in [1.807, 2.05) is 0 Å². The number of ether oxygens (including phenoxy) is 1. The molecule has 5 rings (SSSR count). The van der Waals surface area contributed by atoms with Gasteiger partial charge in [-0.3, -0.25) is 14.6 Å². The number of alkyl halides is 3. The lowest BCUT2D eigenvalue weighted by Crippen LogP contribution is -2.17. The zero-order valence-electron chi connectivity index (χ0n) is 17.7. The number of rotatable bonds is 4. The standard InChI is InChI=1S/C23H14F5N5O2/c1-33-17-9-15(24)19(20(25)14(17)10-29-33)22(34)30-11-6-7-16-13(8-11)21(32-31-16)12-4-2-3-5-18(12)35-23(26,27)28/h2-10H,1H3,(H,30,34)(H,31,32). The first-order valence-electron chi connectivity index (χ1n) is 10.1. The molecule has 5 aromatic rings. The number of nitrogens with zero attached hydrogens (tertiary/aromatic N) is 3. The fourth-order valence-corrected chi connectivity index (χ4v) is 3.79. The zero-order valence-corrected chi connectivity index (χ0v) is 17.7. The van der Waals surface area contributed by atoms with Crippen LogP contribution in [0.15, 0.2) is 54.7 Å². The second-order valence-corrected chi connectivity index (χ2v) is 7.58. The number of carbonyl (C=O) groups excluding carboxylic acids is 1. The summed E-state index contributed by atoms with van der Waals surface area (Å²) >= 11 is 0. The van der Waals surface area contributed by atoms with Crippen LogP contribution >= 0.6 is 0 Å². The van der Waals surface area contributed by atoms with E-state index in [0.29, 0.717) is 10.9 Å². The molecular weight excluding hydrogens is 473 g/mol. The van der Waals surface area contributed by atoms with Crippen LogP contribution in [0.1, 0.15) is 10.4 Å². The summed E-state index contributed by atoms with van der Waals surface area (Å²) in [4.78, 5) is 12.8. The first-order chi connectivity index (χ1) is 16.6. The van der Waals surface area contributed by atoms with Crippen LogP contribution in [0.25, 0.3) is 33.1 Å². The highest BCUT2D eigenvalue weighted by molar-refractivity contribution is 6.08. The predicted molar refractivity (Wildman–Crippen MR) is 117 cm³/mol. The third kappa shape index (κ3) is 4.03. The Bertz CT molecular complexity index is 1610. The Morgan fingerprint density at radius 1 is 1.09 bits per heavy atom. The molecule has 0 saturated carbocycles. The maximum Gasteiger partial charge on any atom is 0.573 e. The Morgan fingerprint density at radius 2 is 1.86 bits per heavy atom. The van der Waals surface area contributed by atoms with Gasteiger partial charge in [0.15, 0.2) is 0 Å².